The Kier molecular flexibility index (Phi) is 6.44. The van der Waals surface area contributed by atoms with Crippen LogP contribution in [0.25, 0.3) is 0 Å². The summed E-state index contributed by atoms with van der Waals surface area (Å²) in [7, 11) is 1.87. The van der Waals surface area contributed by atoms with Crippen LogP contribution in [0.5, 0.6) is 0 Å². The summed E-state index contributed by atoms with van der Waals surface area (Å²) in [6.07, 6.45) is 7.22. The summed E-state index contributed by atoms with van der Waals surface area (Å²) in [5, 5.41) is 7.90. The average molecular weight is 347 g/mol. The number of hydrogen-bond donors (Lipinski definition) is 2. The van der Waals surface area contributed by atoms with E-state index >= 15 is 0 Å². The summed E-state index contributed by atoms with van der Waals surface area (Å²) in [5.74, 6) is 0.958. The number of benzene rings is 1. The lowest BCUT2D eigenvalue weighted by atomic mass is 10.00. The van der Waals surface area contributed by atoms with Gasteiger partial charge in [-0.05, 0) is 43.1 Å². The van der Waals surface area contributed by atoms with E-state index in [1.54, 1.807) is 0 Å². The van der Waals surface area contributed by atoms with Gasteiger partial charge in [0.15, 0.2) is 5.96 Å². The number of guanidine groups is 1. The lowest BCUT2D eigenvalue weighted by molar-refractivity contribution is 0.258. The Balaban J connectivity index is 1.39. The number of nitrogens with zero attached hydrogens (tertiary/aromatic N) is 2. The van der Waals surface area contributed by atoms with Gasteiger partial charge in [-0.25, -0.2) is 0 Å². The van der Waals surface area contributed by atoms with Gasteiger partial charge < -0.3 is 10.6 Å². The van der Waals surface area contributed by atoms with Gasteiger partial charge in [0.1, 0.15) is 0 Å². The summed E-state index contributed by atoms with van der Waals surface area (Å²) in [6.45, 7) is 4.23. The van der Waals surface area contributed by atoms with E-state index < -0.39 is 0 Å². The van der Waals surface area contributed by atoms with E-state index in [1.807, 2.05) is 18.8 Å². The number of aliphatic imine (C=N–C) groups is 1. The second-order valence-corrected chi connectivity index (χ2v) is 7.94. The number of hydrogen-bond acceptors (Lipinski definition) is 3. The molecular weight excluding hydrogens is 316 g/mol. The summed E-state index contributed by atoms with van der Waals surface area (Å²) in [6, 6.07) is 9.40. The SMILES string of the molecule is CN=C(NCCN1CCc2ccccc2C1)NC1CCC(SC)C1. The highest BCUT2D eigenvalue weighted by atomic mass is 32.2. The van der Waals surface area contributed by atoms with Gasteiger partial charge in [0, 0.05) is 44.5 Å². The second kappa shape index (κ2) is 8.77. The molecule has 24 heavy (non-hydrogen) atoms. The van der Waals surface area contributed by atoms with Crippen molar-refractivity contribution in [2.45, 2.75) is 43.5 Å². The van der Waals surface area contributed by atoms with Crippen molar-refractivity contribution in [2.24, 2.45) is 4.99 Å². The molecule has 1 saturated carbocycles. The van der Waals surface area contributed by atoms with Gasteiger partial charge >= 0.3 is 0 Å². The van der Waals surface area contributed by atoms with Crippen LogP contribution in [0.2, 0.25) is 0 Å². The van der Waals surface area contributed by atoms with E-state index in [1.165, 1.54) is 36.8 Å². The van der Waals surface area contributed by atoms with Crippen LogP contribution in [0.1, 0.15) is 30.4 Å². The Morgan fingerprint density at radius 2 is 2.12 bits per heavy atom. The van der Waals surface area contributed by atoms with Gasteiger partial charge in [0.05, 0.1) is 0 Å². The van der Waals surface area contributed by atoms with Crippen LogP contribution in [-0.2, 0) is 13.0 Å². The van der Waals surface area contributed by atoms with E-state index in [0.29, 0.717) is 6.04 Å². The molecule has 1 aliphatic carbocycles. The minimum atomic E-state index is 0.579. The molecule has 3 rings (SSSR count). The first-order valence-electron chi connectivity index (χ1n) is 9.07. The van der Waals surface area contributed by atoms with Crippen LogP contribution in [0.15, 0.2) is 29.3 Å². The molecule has 1 heterocycles. The Hall–Kier alpha value is -1.20. The fraction of sp³-hybridized carbons (Fsp3) is 0.632. The normalized spacial score (nSPS) is 24.7. The molecule has 5 heteroatoms. The lowest BCUT2D eigenvalue weighted by Crippen LogP contribution is -2.45. The molecule has 2 atom stereocenters. The predicted molar refractivity (Wildman–Crippen MR) is 105 cm³/mol. The van der Waals surface area contributed by atoms with Crippen LogP contribution in [0.3, 0.4) is 0 Å². The van der Waals surface area contributed by atoms with Gasteiger partial charge in [0.2, 0.25) is 0 Å². The molecule has 0 spiro atoms. The van der Waals surface area contributed by atoms with Gasteiger partial charge in [0.25, 0.3) is 0 Å². The number of fused-ring (bicyclic) bond motifs is 1. The molecule has 2 aliphatic rings. The molecule has 0 radical (unpaired) electrons. The molecule has 0 amide bonds. The summed E-state index contributed by atoms with van der Waals surface area (Å²) < 4.78 is 0. The summed E-state index contributed by atoms with van der Waals surface area (Å²) in [4.78, 5) is 6.92. The van der Waals surface area contributed by atoms with Crippen LogP contribution in [0, 0.1) is 0 Å². The Morgan fingerprint density at radius 3 is 2.88 bits per heavy atom. The van der Waals surface area contributed by atoms with E-state index in [-0.39, 0.29) is 0 Å². The van der Waals surface area contributed by atoms with Crippen molar-refractivity contribution in [3.8, 4) is 0 Å². The molecule has 1 aliphatic heterocycles. The van der Waals surface area contributed by atoms with Gasteiger partial charge in [-0.3, -0.25) is 9.89 Å². The second-order valence-electron chi connectivity index (χ2n) is 6.81. The third-order valence-corrected chi connectivity index (χ3v) is 6.31. The zero-order valence-electron chi connectivity index (χ0n) is 14.9. The van der Waals surface area contributed by atoms with E-state index in [9.17, 15) is 0 Å². The van der Waals surface area contributed by atoms with Crippen molar-refractivity contribution < 1.29 is 0 Å². The molecule has 2 unspecified atom stereocenters. The number of rotatable bonds is 5. The minimum absolute atomic E-state index is 0.579. The molecule has 132 valence electrons. The topological polar surface area (TPSA) is 39.7 Å². The zero-order valence-corrected chi connectivity index (χ0v) is 15.7. The van der Waals surface area contributed by atoms with Gasteiger partial charge in [-0.15, -0.1) is 0 Å². The maximum Gasteiger partial charge on any atom is 0.191 e. The fourth-order valence-corrected chi connectivity index (χ4v) is 4.55. The highest BCUT2D eigenvalue weighted by Crippen LogP contribution is 2.28. The van der Waals surface area contributed by atoms with Gasteiger partial charge in [-0.1, -0.05) is 24.3 Å². The first-order chi connectivity index (χ1) is 11.8. The lowest BCUT2D eigenvalue weighted by Gasteiger charge is -2.29. The van der Waals surface area contributed by atoms with Crippen molar-refractivity contribution >= 4 is 17.7 Å². The smallest absolute Gasteiger partial charge is 0.191 e. The summed E-state index contributed by atoms with van der Waals surface area (Å²) in [5.41, 5.74) is 3.00. The van der Waals surface area contributed by atoms with Crippen molar-refractivity contribution in [3.05, 3.63) is 35.4 Å². The molecule has 1 fully saturated rings. The monoisotopic (exact) mass is 346 g/mol. The first kappa shape index (κ1) is 17.6. The first-order valence-corrected chi connectivity index (χ1v) is 10.4. The molecule has 1 aromatic carbocycles. The molecule has 0 saturated heterocycles. The molecule has 2 N–H and O–H groups in total. The highest BCUT2D eigenvalue weighted by Gasteiger charge is 2.24. The Labute approximate surface area is 150 Å². The van der Waals surface area contributed by atoms with Crippen LogP contribution in [0.4, 0.5) is 0 Å². The fourth-order valence-electron chi connectivity index (χ4n) is 3.75. The molecule has 1 aromatic rings. The van der Waals surface area contributed by atoms with E-state index in [2.05, 4.69) is 51.0 Å². The van der Waals surface area contributed by atoms with Crippen molar-refractivity contribution in [1.82, 2.24) is 15.5 Å². The standard InChI is InChI=1S/C19H30N4S/c1-20-19(22-17-7-8-18(13-17)24-2)21-10-12-23-11-9-15-5-3-4-6-16(15)14-23/h3-6,17-18H,7-14H2,1-2H3,(H2,20,21,22). The largest absolute Gasteiger partial charge is 0.355 e. The van der Waals surface area contributed by atoms with Crippen LogP contribution in [-0.4, -0.2) is 55.1 Å². The van der Waals surface area contributed by atoms with Crippen molar-refractivity contribution in [2.75, 3.05) is 32.9 Å². The summed E-state index contributed by atoms with van der Waals surface area (Å²) >= 11 is 1.99. The van der Waals surface area contributed by atoms with E-state index in [0.717, 1.165) is 37.4 Å². The molecule has 4 nitrogen and oxygen atoms in total. The quantitative estimate of drug-likeness (QED) is 0.635. The molecular formula is C19H30N4S. The van der Waals surface area contributed by atoms with Crippen LogP contribution >= 0.6 is 11.8 Å². The van der Waals surface area contributed by atoms with E-state index in [4.69, 9.17) is 0 Å². The predicted octanol–water partition coefficient (Wildman–Crippen LogP) is 2.49. The van der Waals surface area contributed by atoms with Crippen molar-refractivity contribution in [1.29, 1.82) is 0 Å². The Bertz CT molecular complexity index is 560. The maximum absolute atomic E-state index is 4.39. The number of nitrogens with one attached hydrogen (secondary N) is 2. The third-order valence-electron chi connectivity index (χ3n) is 5.21. The Morgan fingerprint density at radius 1 is 1.29 bits per heavy atom. The molecule has 0 aromatic heterocycles. The van der Waals surface area contributed by atoms with Gasteiger partial charge in [-0.2, -0.15) is 11.8 Å². The van der Waals surface area contributed by atoms with Crippen molar-refractivity contribution in [3.63, 3.8) is 0 Å². The average Bonchev–Trinajstić information content (AvgIpc) is 3.08. The minimum Gasteiger partial charge on any atom is -0.355 e. The highest BCUT2D eigenvalue weighted by molar-refractivity contribution is 7.99. The van der Waals surface area contributed by atoms with Crippen LogP contribution < -0.4 is 10.6 Å². The number of thioether (sulfide) groups is 1. The maximum atomic E-state index is 4.39. The molecule has 0 bridgehead atoms. The third kappa shape index (κ3) is 4.67. The zero-order chi connectivity index (χ0) is 16.8.